The fourth-order valence-corrected chi connectivity index (χ4v) is 1.31. The molecule has 82 valence electrons. The van der Waals surface area contributed by atoms with Crippen molar-refractivity contribution in [2.45, 2.75) is 0 Å². The summed E-state index contributed by atoms with van der Waals surface area (Å²) in [5.41, 5.74) is 0.324. The average Bonchev–Trinajstić information content (AvgIpc) is 2.28. The van der Waals surface area contributed by atoms with Crippen molar-refractivity contribution in [2.75, 3.05) is 11.9 Å². The Morgan fingerprint density at radius 2 is 2.25 bits per heavy atom. The van der Waals surface area contributed by atoms with E-state index in [0.717, 1.165) is 11.3 Å². The molecule has 0 saturated carbocycles. The summed E-state index contributed by atoms with van der Waals surface area (Å²) in [5, 5.41) is 9.04. The van der Waals surface area contributed by atoms with Gasteiger partial charge in [0.15, 0.2) is 6.39 Å². The lowest BCUT2D eigenvalue weighted by atomic mass is 10.2. The van der Waals surface area contributed by atoms with Crippen LogP contribution in [0.3, 0.4) is 0 Å². The Balaban J connectivity index is 2.64. The van der Waals surface area contributed by atoms with Gasteiger partial charge in [0.05, 0.1) is 10.9 Å². The third-order valence-electron chi connectivity index (χ3n) is 2.23. The minimum Gasteiger partial charge on any atom is -0.465 e. The summed E-state index contributed by atoms with van der Waals surface area (Å²) < 4.78 is 4.60. The van der Waals surface area contributed by atoms with Crippen LogP contribution in [0.4, 0.5) is 10.5 Å². The molecule has 1 aromatic carbocycles. The number of amides is 1. The molecule has 1 N–H and O–H groups in total. The normalized spacial score (nSPS) is 10.3. The molecule has 1 heterocycles. The van der Waals surface area contributed by atoms with Crippen LogP contribution in [0, 0.1) is 0 Å². The van der Waals surface area contributed by atoms with Gasteiger partial charge >= 0.3 is 11.7 Å². The van der Waals surface area contributed by atoms with Crippen molar-refractivity contribution < 1.29 is 14.3 Å². The molecule has 0 aliphatic heterocycles. The van der Waals surface area contributed by atoms with E-state index < -0.39 is 11.7 Å². The van der Waals surface area contributed by atoms with E-state index in [1.54, 1.807) is 12.1 Å². The molecule has 0 saturated heterocycles. The van der Waals surface area contributed by atoms with Crippen LogP contribution in [0.2, 0.25) is 0 Å². The molecule has 6 nitrogen and oxygen atoms in total. The first-order chi connectivity index (χ1) is 7.59. The van der Waals surface area contributed by atoms with Crippen LogP contribution in [0.5, 0.6) is 0 Å². The summed E-state index contributed by atoms with van der Waals surface area (Å²) in [5.74, 6) is 0. The number of rotatable bonds is 1. The van der Waals surface area contributed by atoms with E-state index in [4.69, 9.17) is 5.11 Å². The van der Waals surface area contributed by atoms with E-state index in [1.807, 2.05) is 0 Å². The average molecular weight is 220 g/mol. The highest BCUT2D eigenvalue weighted by Crippen LogP contribution is 2.17. The lowest BCUT2D eigenvalue weighted by molar-refractivity contribution is 0.203. The highest BCUT2D eigenvalue weighted by molar-refractivity contribution is 5.89. The van der Waals surface area contributed by atoms with Crippen LogP contribution in [0.25, 0.3) is 10.9 Å². The number of hydrogen-bond acceptors (Lipinski definition) is 4. The Hall–Kier alpha value is -2.37. The summed E-state index contributed by atoms with van der Waals surface area (Å²) in [7, 11) is 1.39. The Labute approximate surface area is 89.7 Å². The first-order valence-electron chi connectivity index (χ1n) is 4.44. The number of fused-ring (bicyclic) bond motifs is 1. The smallest absolute Gasteiger partial charge is 0.411 e. The number of nitrogens with zero attached hydrogens (tertiary/aromatic N) is 2. The molecule has 6 heteroatoms. The maximum Gasteiger partial charge on any atom is 0.411 e. The van der Waals surface area contributed by atoms with Crippen molar-refractivity contribution in [2.24, 2.45) is 0 Å². The summed E-state index contributed by atoms with van der Waals surface area (Å²) in [6, 6.07) is 4.58. The van der Waals surface area contributed by atoms with Crippen molar-refractivity contribution in [1.82, 2.24) is 4.98 Å². The Bertz CT molecular complexity index is 605. The highest BCUT2D eigenvalue weighted by Gasteiger charge is 2.10. The lowest BCUT2D eigenvalue weighted by Crippen LogP contribution is -2.23. The van der Waals surface area contributed by atoms with Gasteiger partial charge in [-0.05, 0) is 18.2 Å². The summed E-state index contributed by atoms with van der Waals surface area (Å²) >= 11 is 0. The highest BCUT2D eigenvalue weighted by atomic mass is 16.4. The molecule has 0 bridgehead atoms. The van der Waals surface area contributed by atoms with Crippen molar-refractivity contribution in [3.8, 4) is 0 Å². The van der Waals surface area contributed by atoms with Crippen molar-refractivity contribution >= 4 is 22.7 Å². The van der Waals surface area contributed by atoms with E-state index in [9.17, 15) is 9.59 Å². The first-order valence-corrected chi connectivity index (χ1v) is 4.44. The summed E-state index contributed by atoms with van der Waals surface area (Å²) in [4.78, 5) is 26.9. The molecule has 0 fully saturated rings. The topological polar surface area (TPSA) is 83.6 Å². The predicted molar refractivity (Wildman–Crippen MR) is 56.7 cm³/mol. The van der Waals surface area contributed by atoms with Crippen LogP contribution >= 0.6 is 0 Å². The Kier molecular flexibility index (Phi) is 2.32. The molecule has 16 heavy (non-hydrogen) atoms. The van der Waals surface area contributed by atoms with E-state index in [1.165, 1.54) is 13.1 Å². The molecule has 2 rings (SSSR count). The summed E-state index contributed by atoms with van der Waals surface area (Å²) in [6.45, 7) is 0. The van der Waals surface area contributed by atoms with Gasteiger partial charge in [0.1, 0.15) is 0 Å². The van der Waals surface area contributed by atoms with E-state index in [0.29, 0.717) is 11.2 Å². The van der Waals surface area contributed by atoms with Gasteiger partial charge in [0.2, 0.25) is 0 Å². The van der Waals surface area contributed by atoms with Gasteiger partial charge in [-0.3, -0.25) is 4.90 Å². The minimum absolute atomic E-state index is 0.258. The van der Waals surface area contributed by atoms with Crippen molar-refractivity contribution in [1.29, 1.82) is 0 Å². The number of carboxylic acid groups (broad SMARTS) is 1. The molecule has 0 unspecified atom stereocenters. The molecule has 0 aliphatic rings. The van der Waals surface area contributed by atoms with Crippen LogP contribution in [0.15, 0.2) is 33.8 Å². The SMILES string of the molecule is CN(C(=O)O)c1ccc2ncoc(=O)c2c1. The third-order valence-corrected chi connectivity index (χ3v) is 2.23. The zero-order valence-corrected chi connectivity index (χ0v) is 8.38. The van der Waals surface area contributed by atoms with Crippen LogP contribution in [0.1, 0.15) is 0 Å². The van der Waals surface area contributed by atoms with Crippen molar-refractivity contribution in [3.05, 3.63) is 35.0 Å². The van der Waals surface area contributed by atoms with Gasteiger partial charge in [-0.15, -0.1) is 0 Å². The van der Waals surface area contributed by atoms with Crippen LogP contribution in [-0.4, -0.2) is 23.2 Å². The standard InChI is InChI=1S/C10H8N2O4/c1-12(10(14)15)6-2-3-8-7(4-6)9(13)16-5-11-8/h2-5H,1H3,(H,14,15). The number of hydrogen-bond donors (Lipinski definition) is 1. The monoisotopic (exact) mass is 220 g/mol. The van der Waals surface area contributed by atoms with E-state index in [2.05, 4.69) is 9.40 Å². The summed E-state index contributed by atoms with van der Waals surface area (Å²) in [6.07, 6.45) is -0.0433. The van der Waals surface area contributed by atoms with Crippen LogP contribution < -0.4 is 10.5 Å². The predicted octanol–water partition coefficient (Wildman–Crippen LogP) is 1.30. The fourth-order valence-electron chi connectivity index (χ4n) is 1.31. The zero-order chi connectivity index (χ0) is 11.7. The molecule has 2 aromatic rings. The lowest BCUT2D eigenvalue weighted by Gasteiger charge is -2.12. The number of benzene rings is 1. The second-order valence-corrected chi connectivity index (χ2v) is 3.18. The van der Waals surface area contributed by atoms with E-state index >= 15 is 0 Å². The molecular formula is C10H8N2O4. The quantitative estimate of drug-likeness (QED) is 0.783. The third kappa shape index (κ3) is 1.60. The van der Waals surface area contributed by atoms with Gasteiger partial charge in [-0.2, -0.15) is 0 Å². The maximum atomic E-state index is 11.4. The van der Waals surface area contributed by atoms with E-state index in [-0.39, 0.29) is 5.39 Å². The van der Waals surface area contributed by atoms with Gasteiger partial charge in [0, 0.05) is 12.7 Å². The largest absolute Gasteiger partial charge is 0.465 e. The maximum absolute atomic E-state index is 11.4. The number of carbonyl (C=O) groups is 1. The Morgan fingerprint density at radius 3 is 2.94 bits per heavy atom. The van der Waals surface area contributed by atoms with Gasteiger partial charge in [0.25, 0.3) is 0 Å². The molecule has 0 radical (unpaired) electrons. The molecule has 0 spiro atoms. The van der Waals surface area contributed by atoms with Crippen molar-refractivity contribution in [3.63, 3.8) is 0 Å². The van der Waals surface area contributed by atoms with Gasteiger partial charge < -0.3 is 9.52 Å². The second-order valence-electron chi connectivity index (χ2n) is 3.18. The number of anilines is 1. The fraction of sp³-hybridized carbons (Fsp3) is 0.100. The Morgan fingerprint density at radius 1 is 1.50 bits per heavy atom. The molecular weight excluding hydrogens is 212 g/mol. The van der Waals surface area contributed by atoms with Gasteiger partial charge in [-0.25, -0.2) is 14.6 Å². The molecule has 0 aliphatic carbocycles. The molecule has 0 atom stereocenters. The van der Waals surface area contributed by atoms with Crippen LogP contribution in [-0.2, 0) is 0 Å². The molecule has 1 amide bonds. The minimum atomic E-state index is -1.10. The number of aromatic nitrogens is 1. The van der Waals surface area contributed by atoms with Gasteiger partial charge in [-0.1, -0.05) is 0 Å². The molecule has 1 aromatic heterocycles. The first kappa shape index (κ1) is 10.2. The zero-order valence-electron chi connectivity index (χ0n) is 8.38. The second kappa shape index (κ2) is 3.65.